The summed E-state index contributed by atoms with van der Waals surface area (Å²) in [6.45, 7) is 4.00. The van der Waals surface area contributed by atoms with Crippen LogP contribution in [0.5, 0.6) is 0 Å². The van der Waals surface area contributed by atoms with Crippen LogP contribution in [0.3, 0.4) is 0 Å². The van der Waals surface area contributed by atoms with Gasteiger partial charge in [0, 0.05) is 36.1 Å². The van der Waals surface area contributed by atoms with Crippen LogP contribution in [0.25, 0.3) is 17.1 Å². The zero-order valence-electron chi connectivity index (χ0n) is 12.7. The summed E-state index contributed by atoms with van der Waals surface area (Å²) in [5.74, 6) is 0.234. The lowest BCUT2D eigenvalue weighted by Crippen LogP contribution is -2.07. The summed E-state index contributed by atoms with van der Waals surface area (Å²) in [6, 6.07) is 6.95. The Kier molecular flexibility index (Phi) is 3.84. The average molecular weight is 309 g/mol. The molecule has 0 bridgehead atoms. The maximum Gasteiger partial charge on any atom is 0.356 e. The average Bonchev–Trinajstić information content (AvgIpc) is 3.05. The number of carboxylic acids is 1. The first kappa shape index (κ1) is 14.8. The number of aromatic nitrogens is 5. The highest BCUT2D eigenvalue weighted by Gasteiger charge is 2.13. The van der Waals surface area contributed by atoms with Gasteiger partial charge in [-0.3, -0.25) is 4.98 Å². The fraction of sp³-hybridized carbons (Fsp3) is 0.188. The van der Waals surface area contributed by atoms with Crippen molar-refractivity contribution in [3.8, 4) is 17.1 Å². The van der Waals surface area contributed by atoms with Gasteiger partial charge < -0.3 is 5.11 Å². The van der Waals surface area contributed by atoms with Crippen LogP contribution in [0.15, 0.2) is 42.9 Å². The first-order valence-electron chi connectivity index (χ1n) is 7.13. The van der Waals surface area contributed by atoms with Crippen molar-refractivity contribution < 1.29 is 9.90 Å². The van der Waals surface area contributed by atoms with E-state index >= 15 is 0 Å². The largest absolute Gasteiger partial charge is 0.476 e. The predicted molar refractivity (Wildman–Crippen MR) is 83.4 cm³/mol. The van der Waals surface area contributed by atoms with E-state index in [1.807, 2.05) is 26.0 Å². The van der Waals surface area contributed by atoms with Crippen molar-refractivity contribution in [2.75, 3.05) is 0 Å². The zero-order chi connectivity index (χ0) is 16.4. The van der Waals surface area contributed by atoms with Crippen LogP contribution in [-0.2, 0) is 0 Å². The van der Waals surface area contributed by atoms with E-state index in [9.17, 15) is 4.79 Å². The Balaban J connectivity index is 2.12. The predicted octanol–water partition coefficient (Wildman–Crippen LogP) is 2.55. The lowest BCUT2D eigenvalue weighted by molar-refractivity contribution is 0.0690. The molecular formula is C16H15N5O2. The number of rotatable bonds is 4. The number of hydrogen-bond donors (Lipinski definition) is 1. The van der Waals surface area contributed by atoms with Gasteiger partial charge in [-0.1, -0.05) is 13.8 Å². The van der Waals surface area contributed by atoms with Crippen LogP contribution in [-0.4, -0.2) is 35.8 Å². The molecule has 0 saturated carbocycles. The van der Waals surface area contributed by atoms with Gasteiger partial charge >= 0.3 is 5.97 Å². The number of nitrogens with zero attached hydrogens (tertiary/aromatic N) is 5. The minimum absolute atomic E-state index is 0.0300. The Hall–Kier alpha value is -3.09. The van der Waals surface area contributed by atoms with Crippen molar-refractivity contribution in [1.29, 1.82) is 0 Å². The van der Waals surface area contributed by atoms with Crippen LogP contribution in [0.1, 0.15) is 36.1 Å². The Morgan fingerprint density at radius 2 is 2.09 bits per heavy atom. The minimum atomic E-state index is -1.07. The van der Waals surface area contributed by atoms with Crippen molar-refractivity contribution in [3.63, 3.8) is 0 Å². The van der Waals surface area contributed by atoms with Crippen molar-refractivity contribution in [2.45, 2.75) is 19.8 Å². The third-order valence-corrected chi connectivity index (χ3v) is 3.25. The Bertz CT molecular complexity index is 843. The molecule has 116 valence electrons. The van der Waals surface area contributed by atoms with Gasteiger partial charge in [-0.25, -0.2) is 19.4 Å². The topological polar surface area (TPSA) is 93.8 Å². The summed E-state index contributed by atoms with van der Waals surface area (Å²) in [7, 11) is 0. The summed E-state index contributed by atoms with van der Waals surface area (Å²) in [5.41, 5.74) is 1.56. The number of carboxylic acid groups (broad SMARTS) is 1. The molecule has 0 unspecified atom stereocenters. The highest BCUT2D eigenvalue weighted by Crippen LogP contribution is 2.21. The van der Waals surface area contributed by atoms with E-state index in [2.05, 4.69) is 20.1 Å². The van der Waals surface area contributed by atoms with Gasteiger partial charge in [-0.15, -0.1) is 0 Å². The Morgan fingerprint density at radius 3 is 2.70 bits per heavy atom. The Labute approximate surface area is 132 Å². The second-order valence-electron chi connectivity index (χ2n) is 5.32. The van der Waals surface area contributed by atoms with Gasteiger partial charge in [0.15, 0.2) is 11.5 Å². The van der Waals surface area contributed by atoms with E-state index in [1.54, 1.807) is 24.7 Å². The van der Waals surface area contributed by atoms with E-state index in [0.29, 0.717) is 11.6 Å². The summed E-state index contributed by atoms with van der Waals surface area (Å²) >= 11 is 0. The zero-order valence-corrected chi connectivity index (χ0v) is 12.7. The molecular weight excluding hydrogens is 294 g/mol. The fourth-order valence-electron chi connectivity index (χ4n) is 2.06. The third-order valence-electron chi connectivity index (χ3n) is 3.25. The molecule has 0 fully saturated rings. The molecule has 3 heterocycles. The molecule has 23 heavy (non-hydrogen) atoms. The van der Waals surface area contributed by atoms with Gasteiger partial charge in [0.1, 0.15) is 5.82 Å². The van der Waals surface area contributed by atoms with E-state index in [0.717, 1.165) is 11.3 Å². The van der Waals surface area contributed by atoms with Gasteiger partial charge in [0.25, 0.3) is 0 Å². The maximum absolute atomic E-state index is 11.0. The monoisotopic (exact) mass is 309 g/mol. The molecule has 0 amide bonds. The summed E-state index contributed by atoms with van der Waals surface area (Å²) in [6.07, 6.45) is 4.99. The maximum atomic E-state index is 11.0. The summed E-state index contributed by atoms with van der Waals surface area (Å²) in [5, 5.41) is 13.0. The summed E-state index contributed by atoms with van der Waals surface area (Å²) in [4.78, 5) is 24.1. The molecule has 0 saturated heterocycles. The van der Waals surface area contributed by atoms with Crippen LogP contribution in [0.2, 0.25) is 0 Å². The fourth-order valence-corrected chi connectivity index (χ4v) is 2.06. The van der Waals surface area contributed by atoms with Gasteiger partial charge in [-0.05, 0) is 18.2 Å². The molecule has 0 aromatic carbocycles. The first-order valence-corrected chi connectivity index (χ1v) is 7.13. The van der Waals surface area contributed by atoms with Crippen LogP contribution >= 0.6 is 0 Å². The van der Waals surface area contributed by atoms with Gasteiger partial charge in [-0.2, -0.15) is 5.10 Å². The number of hydrogen-bond acceptors (Lipinski definition) is 5. The van der Waals surface area contributed by atoms with E-state index in [1.165, 1.54) is 10.7 Å². The molecule has 0 radical (unpaired) electrons. The smallest absolute Gasteiger partial charge is 0.356 e. The summed E-state index contributed by atoms with van der Waals surface area (Å²) < 4.78 is 1.44. The highest BCUT2D eigenvalue weighted by atomic mass is 16.4. The molecule has 0 aliphatic rings. The number of pyridine rings is 1. The van der Waals surface area contributed by atoms with Crippen LogP contribution in [0.4, 0.5) is 0 Å². The first-order chi connectivity index (χ1) is 11.0. The molecule has 0 atom stereocenters. The van der Waals surface area contributed by atoms with Crippen molar-refractivity contribution in [3.05, 3.63) is 54.4 Å². The second-order valence-corrected chi connectivity index (χ2v) is 5.32. The highest BCUT2D eigenvalue weighted by molar-refractivity contribution is 5.85. The standard InChI is InChI=1S/C16H15N5O2/c1-10(2)15-18-13(11-4-3-6-17-9-11)8-14(19-15)21-7-5-12(20-21)16(22)23/h3-10H,1-2H3,(H,22,23). The minimum Gasteiger partial charge on any atom is -0.476 e. The number of carbonyl (C=O) groups is 1. The lowest BCUT2D eigenvalue weighted by Gasteiger charge is -2.10. The SMILES string of the molecule is CC(C)c1nc(-c2cccnc2)cc(-n2ccc(C(=O)O)n2)n1. The normalized spacial score (nSPS) is 10.9. The van der Waals surface area contributed by atoms with E-state index in [4.69, 9.17) is 5.11 Å². The van der Waals surface area contributed by atoms with Gasteiger partial charge in [0.2, 0.25) is 0 Å². The third kappa shape index (κ3) is 3.08. The Morgan fingerprint density at radius 1 is 1.26 bits per heavy atom. The van der Waals surface area contributed by atoms with Crippen LogP contribution in [0, 0.1) is 0 Å². The molecule has 0 spiro atoms. The second kappa shape index (κ2) is 5.96. The molecule has 7 nitrogen and oxygen atoms in total. The molecule has 3 aromatic heterocycles. The van der Waals surface area contributed by atoms with Crippen molar-refractivity contribution in [1.82, 2.24) is 24.7 Å². The van der Waals surface area contributed by atoms with E-state index < -0.39 is 5.97 Å². The molecule has 3 aromatic rings. The van der Waals surface area contributed by atoms with Crippen LogP contribution < -0.4 is 0 Å². The molecule has 0 aliphatic carbocycles. The quantitative estimate of drug-likeness (QED) is 0.796. The molecule has 0 aliphatic heterocycles. The van der Waals surface area contributed by atoms with E-state index in [-0.39, 0.29) is 11.6 Å². The number of aromatic carboxylic acids is 1. The van der Waals surface area contributed by atoms with Crippen molar-refractivity contribution >= 4 is 5.97 Å². The molecule has 3 rings (SSSR count). The van der Waals surface area contributed by atoms with Crippen molar-refractivity contribution in [2.24, 2.45) is 0 Å². The molecule has 7 heteroatoms. The molecule has 1 N–H and O–H groups in total. The lowest BCUT2D eigenvalue weighted by atomic mass is 10.1. The van der Waals surface area contributed by atoms with Gasteiger partial charge in [0.05, 0.1) is 5.69 Å².